The van der Waals surface area contributed by atoms with Crippen molar-refractivity contribution in [2.45, 2.75) is 0 Å². The molecule has 19 heavy (non-hydrogen) atoms. The molecule has 98 valence electrons. The highest BCUT2D eigenvalue weighted by Crippen LogP contribution is 2.36. The highest BCUT2D eigenvalue weighted by atomic mass is 35.5. The Morgan fingerprint density at radius 2 is 1.63 bits per heavy atom. The van der Waals surface area contributed by atoms with Gasteiger partial charge in [-0.05, 0) is 36.4 Å². The maximum absolute atomic E-state index is 11.0. The van der Waals surface area contributed by atoms with Crippen molar-refractivity contribution < 1.29 is 14.6 Å². The van der Waals surface area contributed by atoms with Crippen LogP contribution in [0.5, 0.6) is 5.75 Å². The third-order valence-electron chi connectivity index (χ3n) is 2.68. The van der Waals surface area contributed by atoms with Gasteiger partial charge in [-0.3, -0.25) is 0 Å². The summed E-state index contributed by atoms with van der Waals surface area (Å²) < 4.78 is 5.13. The van der Waals surface area contributed by atoms with Crippen molar-refractivity contribution in [2.24, 2.45) is 0 Å². The largest absolute Gasteiger partial charge is 0.497 e. The van der Waals surface area contributed by atoms with Gasteiger partial charge < -0.3 is 9.84 Å². The summed E-state index contributed by atoms with van der Waals surface area (Å²) in [6.45, 7) is 0. The molecule has 0 saturated carbocycles. The van der Waals surface area contributed by atoms with Gasteiger partial charge in [0, 0.05) is 21.2 Å². The van der Waals surface area contributed by atoms with Crippen LogP contribution in [-0.2, 0) is 0 Å². The molecule has 0 unspecified atom stereocenters. The predicted octanol–water partition coefficient (Wildman–Crippen LogP) is 4.37. The zero-order chi connectivity index (χ0) is 14.0. The Kier molecular flexibility index (Phi) is 3.98. The first-order chi connectivity index (χ1) is 9.02. The van der Waals surface area contributed by atoms with Crippen LogP contribution in [0, 0.1) is 0 Å². The Bertz CT molecular complexity index is 639. The second-order valence-corrected chi connectivity index (χ2v) is 4.66. The standard InChI is InChI=1S/C14H10Cl2O3/c1-19-9-3-5-13(16)11(7-9)10-6-8(14(17)18)2-4-12(10)15/h2-7H,1H3,(H,17,18). The van der Waals surface area contributed by atoms with Gasteiger partial charge in [0.1, 0.15) is 5.75 Å². The number of carboxylic acids is 1. The average molecular weight is 297 g/mol. The van der Waals surface area contributed by atoms with Gasteiger partial charge >= 0.3 is 5.97 Å². The summed E-state index contributed by atoms with van der Waals surface area (Å²) >= 11 is 12.2. The number of rotatable bonds is 3. The molecule has 1 N–H and O–H groups in total. The highest BCUT2D eigenvalue weighted by Gasteiger charge is 2.12. The molecule has 0 aliphatic carbocycles. The number of carboxylic acid groups (broad SMARTS) is 1. The molecule has 2 aromatic rings. The van der Waals surface area contributed by atoms with Gasteiger partial charge in [-0.15, -0.1) is 0 Å². The molecule has 0 amide bonds. The molecule has 2 rings (SSSR count). The van der Waals surface area contributed by atoms with Crippen molar-refractivity contribution in [1.29, 1.82) is 0 Å². The number of benzene rings is 2. The van der Waals surface area contributed by atoms with Crippen LogP contribution in [0.1, 0.15) is 10.4 Å². The maximum Gasteiger partial charge on any atom is 0.335 e. The number of hydrogen-bond donors (Lipinski definition) is 1. The van der Waals surface area contributed by atoms with Crippen LogP contribution in [0.2, 0.25) is 10.0 Å². The minimum absolute atomic E-state index is 0.151. The first-order valence-electron chi connectivity index (χ1n) is 5.39. The molecular weight excluding hydrogens is 287 g/mol. The molecule has 3 nitrogen and oxygen atoms in total. The first-order valence-corrected chi connectivity index (χ1v) is 6.15. The molecule has 0 aliphatic rings. The molecule has 0 bridgehead atoms. The minimum atomic E-state index is -1.02. The topological polar surface area (TPSA) is 46.5 Å². The number of ether oxygens (including phenoxy) is 1. The van der Waals surface area contributed by atoms with E-state index in [4.69, 9.17) is 33.0 Å². The number of methoxy groups -OCH3 is 1. The Morgan fingerprint density at radius 3 is 2.21 bits per heavy atom. The Hall–Kier alpha value is -1.71. The molecule has 5 heteroatoms. The van der Waals surface area contributed by atoms with Crippen molar-refractivity contribution >= 4 is 29.2 Å². The van der Waals surface area contributed by atoms with Gasteiger partial charge in [0.2, 0.25) is 0 Å². The van der Waals surface area contributed by atoms with E-state index >= 15 is 0 Å². The summed E-state index contributed by atoms with van der Waals surface area (Å²) in [5.41, 5.74) is 1.35. The summed E-state index contributed by atoms with van der Waals surface area (Å²) in [6, 6.07) is 9.60. The van der Waals surface area contributed by atoms with Crippen molar-refractivity contribution in [3.05, 3.63) is 52.0 Å². The fourth-order valence-corrected chi connectivity index (χ4v) is 2.14. The molecule has 0 saturated heterocycles. The SMILES string of the molecule is COc1ccc(Cl)c(-c2cc(C(=O)O)ccc2Cl)c1. The second-order valence-electron chi connectivity index (χ2n) is 3.85. The van der Waals surface area contributed by atoms with Crippen molar-refractivity contribution in [2.75, 3.05) is 7.11 Å². The normalized spacial score (nSPS) is 10.3. The summed E-state index contributed by atoms with van der Waals surface area (Å²) in [5.74, 6) is -0.395. The van der Waals surface area contributed by atoms with Crippen LogP contribution in [-0.4, -0.2) is 18.2 Å². The first kappa shape index (κ1) is 13.7. The lowest BCUT2D eigenvalue weighted by Gasteiger charge is -2.10. The van der Waals surface area contributed by atoms with E-state index in [1.165, 1.54) is 18.2 Å². The van der Waals surface area contributed by atoms with Gasteiger partial charge in [-0.25, -0.2) is 4.79 Å². The Balaban J connectivity index is 2.63. The smallest absolute Gasteiger partial charge is 0.335 e. The third-order valence-corrected chi connectivity index (χ3v) is 3.34. The Morgan fingerprint density at radius 1 is 1.05 bits per heavy atom. The van der Waals surface area contributed by atoms with Crippen molar-refractivity contribution in [3.63, 3.8) is 0 Å². The van der Waals surface area contributed by atoms with Gasteiger partial charge in [0.05, 0.1) is 12.7 Å². The van der Waals surface area contributed by atoms with Gasteiger partial charge in [-0.2, -0.15) is 0 Å². The monoisotopic (exact) mass is 296 g/mol. The molecule has 0 aromatic heterocycles. The van der Waals surface area contributed by atoms with Crippen LogP contribution in [0.4, 0.5) is 0 Å². The lowest BCUT2D eigenvalue weighted by atomic mass is 10.0. The van der Waals surface area contributed by atoms with Crippen molar-refractivity contribution in [3.8, 4) is 16.9 Å². The molecule has 0 heterocycles. The fraction of sp³-hybridized carbons (Fsp3) is 0.0714. The number of halogens is 2. The molecule has 0 atom stereocenters. The molecule has 0 aliphatic heterocycles. The van der Waals surface area contributed by atoms with E-state index in [2.05, 4.69) is 0 Å². The average Bonchev–Trinajstić information content (AvgIpc) is 2.40. The number of hydrogen-bond acceptors (Lipinski definition) is 2. The Labute approximate surface area is 120 Å². The fourth-order valence-electron chi connectivity index (χ4n) is 1.70. The second kappa shape index (κ2) is 5.51. The van der Waals surface area contributed by atoms with E-state index in [1.54, 1.807) is 25.3 Å². The van der Waals surface area contributed by atoms with E-state index in [-0.39, 0.29) is 5.56 Å². The van der Waals surface area contributed by atoms with Crippen LogP contribution in [0.15, 0.2) is 36.4 Å². The summed E-state index contributed by atoms with van der Waals surface area (Å²) in [7, 11) is 1.54. The summed E-state index contributed by atoms with van der Waals surface area (Å²) in [6.07, 6.45) is 0. The predicted molar refractivity (Wildman–Crippen MR) is 75.4 cm³/mol. The van der Waals surface area contributed by atoms with E-state index in [9.17, 15) is 4.79 Å². The van der Waals surface area contributed by atoms with E-state index in [1.807, 2.05) is 0 Å². The highest BCUT2D eigenvalue weighted by molar-refractivity contribution is 6.36. The quantitative estimate of drug-likeness (QED) is 0.915. The lowest BCUT2D eigenvalue weighted by Crippen LogP contribution is -1.96. The molecule has 2 aromatic carbocycles. The third kappa shape index (κ3) is 2.83. The van der Waals surface area contributed by atoms with Crippen LogP contribution < -0.4 is 4.74 Å². The zero-order valence-electron chi connectivity index (χ0n) is 9.98. The summed E-state index contributed by atoms with van der Waals surface area (Å²) in [4.78, 5) is 11.0. The van der Waals surface area contributed by atoms with E-state index in [0.29, 0.717) is 26.9 Å². The molecule has 0 radical (unpaired) electrons. The molecular formula is C14H10Cl2O3. The molecule has 0 spiro atoms. The lowest BCUT2D eigenvalue weighted by molar-refractivity contribution is 0.0697. The number of aromatic carboxylic acids is 1. The van der Waals surface area contributed by atoms with Crippen LogP contribution >= 0.6 is 23.2 Å². The zero-order valence-corrected chi connectivity index (χ0v) is 11.5. The van der Waals surface area contributed by atoms with Gasteiger partial charge in [0.15, 0.2) is 0 Å². The van der Waals surface area contributed by atoms with Crippen molar-refractivity contribution in [1.82, 2.24) is 0 Å². The van der Waals surface area contributed by atoms with Crippen LogP contribution in [0.25, 0.3) is 11.1 Å². The van der Waals surface area contributed by atoms with E-state index < -0.39 is 5.97 Å². The summed E-state index contributed by atoms with van der Waals surface area (Å²) in [5, 5.41) is 9.92. The van der Waals surface area contributed by atoms with Crippen LogP contribution in [0.3, 0.4) is 0 Å². The number of carbonyl (C=O) groups is 1. The van der Waals surface area contributed by atoms with Gasteiger partial charge in [-0.1, -0.05) is 23.2 Å². The van der Waals surface area contributed by atoms with E-state index in [0.717, 1.165) is 0 Å². The molecule has 0 fully saturated rings. The maximum atomic E-state index is 11.0. The minimum Gasteiger partial charge on any atom is -0.497 e. The van der Waals surface area contributed by atoms with Gasteiger partial charge in [0.25, 0.3) is 0 Å².